The second-order valence-electron chi connectivity index (χ2n) is 8.14. The van der Waals surface area contributed by atoms with E-state index in [1.807, 2.05) is 54.6 Å². The van der Waals surface area contributed by atoms with Crippen LogP contribution >= 0.6 is 0 Å². The molecule has 0 aliphatic rings. The highest BCUT2D eigenvalue weighted by Crippen LogP contribution is 2.24. The van der Waals surface area contributed by atoms with E-state index in [9.17, 15) is 9.90 Å². The van der Waals surface area contributed by atoms with Crippen molar-refractivity contribution < 1.29 is 14.7 Å². The first-order chi connectivity index (χ1) is 16.2. The van der Waals surface area contributed by atoms with Gasteiger partial charge in [-0.2, -0.15) is 0 Å². The van der Waals surface area contributed by atoms with E-state index in [4.69, 9.17) is 4.84 Å². The number of hydrogen-bond acceptors (Lipinski definition) is 5. The molecule has 3 aromatic rings. The Morgan fingerprint density at radius 1 is 0.939 bits per heavy atom. The average Bonchev–Trinajstić information content (AvgIpc) is 2.86. The van der Waals surface area contributed by atoms with E-state index in [0.717, 1.165) is 24.9 Å². The van der Waals surface area contributed by atoms with Gasteiger partial charge in [-0.15, -0.1) is 5.06 Å². The van der Waals surface area contributed by atoms with Crippen molar-refractivity contribution in [3.8, 4) is 0 Å². The normalized spacial score (nSPS) is 12.0. The number of aliphatic hydroxyl groups excluding tert-OH is 1. The van der Waals surface area contributed by atoms with Gasteiger partial charge >= 0.3 is 5.97 Å². The number of nitrogens with zero attached hydrogens (tertiary/aromatic N) is 1. The number of aliphatic hydroxyl groups is 1. The largest absolute Gasteiger partial charge is 0.388 e. The van der Waals surface area contributed by atoms with Crippen molar-refractivity contribution in [1.82, 2.24) is 10.4 Å². The number of hydrogen-bond donors (Lipinski definition) is 2. The summed E-state index contributed by atoms with van der Waals surface area (Å²) in [5.41, 5.74) is 3.30. The van der Waals surface area contributed by atoms with Gasteiger partial charge in [0.2, 0.25) is 0 Å². The Labute approximate surface area is 197 Å². The fourth-order valence-electron chi connectivity index (χ4n) is 3.67. The fraction of sp³-hybridized carbons (Fsp3) is 0.321. The molecule has 0 radical (unpaired) electrons. The summed E-state index contributed by atoms with van der Waals surface area (Å²) in [4.78, 5) is 18.9. The third-order valence-corrected chi connectivity index (χ3v) is 5.49. The van der Waals surface area contributed by atoms with Gasteiger partial charge in [-0.25, -0.2) is 4.79 Å². The van der Waals surface area contributed by atoms with Crippen molar-refractivity contribution in [2.75, 3.05) is 13.1 Å². The minimum Gasteiger partial charge on any atom is -0.388 e. The van der Waals surface area contributed by atoms with Crippen molar-refractivity contribution in [2.24, 2.45) is 0 Å². The smallest absolute Gasteiger partial charge is 0.357 e. The number of nitrogens with one attached hydrogen (secondary N) is 1. The van der Waals surface area contributed by atoms with E-state index in [0.29, 0.717) is 37.2 Å². The summed E-state index contributed by atoms with van der Waals surface area (Å²) in [5, 5.41) is 15.7. The topological polar surface area (TPSA) is 61.8 Å². The van der Waals surface area contributed by atoms with Gasteiger partial charge in [0, 0.05) is 19.6 Å². The first-order valence-corrected chi connectivity index (χ1v) is 11.7. The van der Waals surface area contributed by atoms with E-state index in [2.05, 4.69) is 24.4 Å². The Morgan fingerprint density at radius 2 is 1.58 bits per heavy atom. The van der Waals surface area contributed by atoms with E-state index in [1.165, 1.54) is 5.56 Å². The molecule has 5 heteroatoms. The van der Waals surface area contributed by atoms with Crippen LogP contribution < -0.4 is 5.32 Å². The van der Waals surface area contributed by atoms with Crippen LogP contribution in [0.5, 0.6) is 0 Å². The minimum absolute atomic E-state index is 0.413. The first-order valence-electron chi connectivity index (χ1n) is 11.7. The maximum atomic E-state index is 13.1. The second kappa shape index (κ2) is 13.5. The van der Waals surface area contributed by atoms with Gasteiger partial charge in [0.25, 0.3) is 0 Å². The summed E-state index contributed by atoms with van der Waals surface area (Å²) in [6.45, 7) is 4.52. The lowest BCUT2D eigenvalue weighted by Gasteiger charge is -2.23. The second-order valence-corrected chi connectivity index (χ2v) is 8.14. The van der Waals surface area contributed by atoms with Crippen LogP contribution in [-0.4, -0.2) is 29.2 Å². The standard InChI is InChI=1S/C28H34N2O3/c1-2-3-18-27(31)25-16-10-11-17-26(25)28(32)33-30(22-24-14-8-5-9-15-24)20-19-29-21-23-12-6-4-7-13-23/h4-17,27,29,31H,2-3,18-22H2,1H3. The van der Waals surface area contributed by atoms with Crippen molar-refractivity contribution in [1.29, 1.82) is 0 Å². The third-order valence-electron chi connectivity index (χ3n) is 5.49. The average molecular weight is 447 g/mol. The van der Waals surface area contributed by atoms with Crippen LogP contribution in [-0.2, 0) is 17.9 Å². The Hall–Kier alpha value is -2.99. The van der Waals surface area contributed by atoms with E-state index < -0.39 is 12.1 Å². The highest BCUT2D eigenvalue weighted by molar-refractivity contribution is 5.91. The van der Waals surface area contributed by atoms with E-state index >= 15 is 0 Å². The summed E-state index contributed by atoms with van der Waals surface area (Å²) in [5.74, 6) is -0.444. The lowest BCUT2D eigenvalue weighted by molar-refractivity contribution is -0.115. The number of benzene rings is 3. The highest BCUT2D eigenvalue weighted by atomic mass is 16.7. The molecule has 0 amide bonds. The lowest BCUT2D eigenvalue weighted by atomic mass is 9.99. The molecule has 0 spiro atoms. The summed E-state index contributed by atoms with van der Waals surface area (Å²) >= 11 is 0. The van der Waals surface area contributed by atoms with Crippen LogP contribution in [0.25, 0.3) is 0 Å². The summed E-state index contributed by atoms with van der Waals surface area (Å²) in [7, 11) is 0. The number of carbonyl (C=O) groups excluding carboxylic acids is 1. The molecule has 3 aromatic carbocycles. The number of carbonyl (C=O) groups is 1. The van der Waals surface area contributed by atoms with Gasteiger partial charge in [0.05, 0.1) is 18.2 Å². The predicted molar refractivity (Wildman–Crippen MR) is 131 cm³/mol. The maximum Gasteiger partial charge on any atom is 0.357 e. The predicted octanol–water partition coefficient (Wildman–Crippen LogP) is 5.27. The van der Waals surface area contributed by atoms with Crippen molar-refractivity contribution >= 4 is 5.97 Å². The number of hydroxylamine groups is 2. The molecule has 0 heterocycles. The zero-order valence-corrected chi connectivity index (χ0v) is 19.3. The minimum atomic E-state index is -0.677. The van der Waals surface area contributed by atoms with Crippen LogP contribution in [0, 0.1) is 0 Å². The van der Waals surface area contributed by atoms with Gasteiger partial charge < -0.3 is 15.3 Å². The zero-order valence-electron chi connectivity index (χ0n) is 19.3. The Kier molecular flexibility index (Phi) is 10.1. The fourth-order valence-corrected chi connectivity index (χ4v) is 3.67. The molecule has 1 unspecified atom stereocenters. The quantitative estimate of drug-likeness (QED) is 0.277. The van der Waals surface area contributed by atoms with Gasteiger partial charge in [-0.1, -0.05) is 98.6 Å². The highest BCUT2D eigenvalue weighted by Gasteiger charge is 2.21. The molecule has 174 valence electrons. The molecular weight excluding hydrogens is 412 g/mol. The summed E-state index contributed by atoms with van der Waals surface area (Å²) < 4.78 is 0. The molecule has 0 bridgehead atoms. The van der Waals surface area contributed by atoms with Crippen molar-refractivity contribution in [2.45, 2.75) is 45.4 Å². The molecule has 0 aromatic heterocycles. The molecule has 3 rings (SSSR count). The summed E-state index contributed by atoms with van der Waals surface area (Å²) in [6, 6.07) is 27.3. The van der Waals surface area contributed by atoms with Gasteiger partial charge in [-0.3, -0.25) is 0 Å². The molecule has 0 aliphatic carbocycles. The first kappa shape index (κ1) is 24.6. The molecule has 0 saturated carbocycles. The Bertz CT molecular complexity index is 963. The molecule has 2 N–H and O–H groups in total. The molecule has 0 saturated heterocycles. The molecule has 1 atom stereocenters. The molecule has 33 heavy (non-hydrogen) atoms. The monoisotopic (exact) mass is 446 g/mol. The zero-order chi connectivity index (χ0) is 23.3. The van der Waals surface area contributed by atoms with Gasteiger partial charge in [0.15, 0.2) is 0 Å². The molecule has 0 fully saturated rings. The van der Waals surface area contributed by atoms with Crippen molar-refractivity contribution in [3.63, 3.8) is 0 Å². The van der Waals surface area contributed by atoms with Crippen molar-refractivity contribution in [3.05, 3.63) is 107 Å². The Morgan fingerprint density at radius 3 is 2.27 bits per heavy atom. The van der Waals surface area contributed by atoms with Gasteiger partial charge in [-0.05, 0) is 29.2 Å². The van der Waals surface area contributed by atoms with Crippen LogP contribution in [0.15, 0.2) is 84.9 Å². The van der Waals surface area contributed by atoms with Crippen LogP contribution in [0.1, 0.15) is 59.3 Å². The van der Waals surface area contributed by atoms with Crippen LogP contribution in [0.3, 0.4) is 0 Å². The number of unbranched alkanes of at least 4 members (excludes halogenated alkanes) is 1. The molecule has 0 aliphatic heterocycles. The summed E-state index contributed by atoms with van der Waals surface area (Å²) in [6.07, 6.45) is 1.84. The Balaban J connectivity index is 1.65. The number of rotatable bonds is 13. The lowest BCUT2D eigenvalue weighted by Crippen LogP contribution is -2.34. The van der Waals surface area contributed by atoms with Gasteiger partial charge in [0.1, 0.15) is 0 Å². The van der Waals surface area contributed by atoms with E-state index in [1.54, 1.807) is 23.3 Å². The third kappa shape index (κ3) is 8.13. The van der Waals surface area contributed by atoms with Crippen LogP contribution in [0.4, 0.5) is 0 Å². The van der Waals surface area contributed by atoms with Crippen LogP contribution in [0.2, 0.25) is 0 Å². The maximum absolute atomic E-state index is 13.1. The molecular formula is C28H34N2O3. The molecule has 5 nitrogen and oxygen atoms in total. The van der Waals surface area contributed by atoms with E-state index in [-0.39, 0.29) is 0 Å². The SMILES string of the molecule is CCCCC(O)c1ccccc1C(=O)ON(CCNCc1ccccc1)Cc1ccccc1.